The lowest BCUT2D eigenvalue weighted by molar-refractivity contribution is 0.0991. The largest absolute Gasteiger partial charge is 0.364 e. The number of benzene rings is 1. The molecule has 92 valence electrons. The van der Waals surface area contributed by atoms with Gasteiger partial charge in [0.05, 0.1) is 5.69 Å². The Kier molecular flexibility index (Phi) is 3.16. The van der Waals surface area contributed by atoms with Crippen molar-refractivity contribution in [2.75, 3.05) is 0 Å². The standard InChI is InChI=1S/C12H10ClN3O2/c1-7-11(17)6-10(12(14)18)16(15-7)9-4-2-8(13)3-5-9/h2-6H,1H3,(H2,14,18). The number of carbonyl (C=O) groups excluding carboxylic acids is 1. The van der Waals surface area contributed by atoms with Crippen LogP contribution in [0.2, 0.25) is 5.02 Å². The minimum absolute atomic E-state index is 0.0351. The Morgan fingerprint density at radius 3 is 2.50 bits per heavy atom. The van der Waals surface area contributed by atoms with Gasteiger partial charge in [0, 0.05) is 11.1 Å². The van der Waals surface area contributed by atoms with Crippen LogP contribution in [-0.2, 0) is 0 Å². The molecule has 6 heteroatoms. The molecule has 1 heterocycles. The van der Waals surface area contributed by atoms with Crippen LogP contribution < -0.4 is 11.2 Å². The first-order valence-corrected chi connectivity index (χ1v) is 5.53. The van der Waals surface area contributed by atoms with Gasteiger partial charge in [0.2, 0.25) is 5.43 Å². The highest BCUT2D eigenvalue weighted by atomic mass is 35.5. The van der Waals surface area contributed by atoms with Crippen LogP contribution in [0.15, 0.2) is 35.1 Å². The molecule has 0 atom stereocenters. The van der Waals surface area contributed by atoms with Gasteiger partial charge in [-0.1, -0.05) is 11.6 Å². The van der Waals surface area contributed by atoms with E-state index in [9.17, 15) is 9.59 Å². The maximum absolute atomic E-state index is 11.5. The number of aromatic nitrogens is 2. The number of hydrogen-bond donors (Lipinski definition) is 1. The van der Waals surface area contributed by atoms with E-state index < -0.39 is 5.91 Å². The van der Waals surface area contributed by atoms with E-state index in [0.29, 0.717) is 10.7 Å². The summed E-state index contributed by atoms with van der Waals surface area (Å²) in [5.41, 5.74) is 5.84. The van der Waals surface area contributed by atoms with Gasteiger partial charge in [-0.3, -0.25) is 9.59 Å². The zero-order valence-corrected chi connectivity index (χ0v) is 10.3. The van der Waals surface area contributed by atoms with Crippen molar-refractivity contribution in [1.82, 2.24) is 9.78 Å². The lowest BCUT2D eigenvalue weighted by Crippen LogP contribution is -2.25. The molecule has 0 aliphatic carbocycles. The third-order valence-electron chi connectivity index (χ3n) is 2.43. The van der Waals surface area contributed by atoms with Gasteiger partial charge in [0.25, 0.3) is 5.91 Å². The molecule has 1 aromatic carbocycles. The normalized spacial score (nSPS) is 10.3. The highest BCUT2D eigenvalue weighted by Gasteiger charge is 2.12. The van der Waals surface area contributed by atoms with E-state index >= 15 is 0 Å². The molecule has 0 saturated heterocycles. The first kappa shape index (κ1) is 12.3. The second-order valence-electron chi connectivity index (χ2n) is 3.73. The van der Waals surface area contributed by atoms with Gasteiger partial charge in [0.15, 0.2) is 0 Å². The second-order valence-corrected chi connectivity index (χ2v) is 4.17. The first-order valence-electron chi connectivity index (χ1n) is 5.16. The summed E-state index contributed by atoms with van der Waals surface area (Å²) in [5, 5.41) is 4.62. The molecule has 18 heavy (non-hydrogen) atoms. The number of nitrogens with zero attached hydrogens (tertiary/aromatic N) is 2. The lowest BCUT2D eigenvalue weighted by Gasteiger charge is -2.10. The van der Waals surface area contributed by atoms with Crippen molar-refractivity contribution in [2.24, 2.45) is 5.73 Å². The van der Waals surface area contributed by atoms with Gasteiger partial charge in [-0.2, -0.15) is 5.10 Å². The molecular weight excluding hydrogens is 254 g/mol. The van der Waals surface area contributed by atoms with Crippen molar-refractivity contribution in [3.05, 3.63) is 57.0 Å². The van der Waals surface area contributed by atoms with Crippen molar-refractivity contribution in [2.45, 2.75) is 6.92 Å². The van der Waals surface area contributed by atoms with Gasteiger partial charge in [-0.05, 0) is 31.2 Å². The third-order valence-corrected chi connectivity index (χ3v) is 2.68. The zero-order valence-electron chi connectivity index (χ0n) is 9.55. The van der Waals surface area contributed by atoms with Crippen molar-refractivity contribution in [3.8, 4) is 5.69 Å². The Labute approximate surface area is 108 Å². The Bertz CT molecular complexity index is 662. The molecule has 0 fully saturated rings. The number of halogens is 1. The van der Waals surface area contributed by atoms with Crippen molar-refractivity contribution < 1.29 is 4.79 Å². The van der Waals surface area contributed by atoms with Crippen molar-refractivity contribution in [1.29, 1.82) is 0 Å². The maximum atomic E-state index is 11.5. The van der Waals surface area contributed by atoms with E-state index in [4.69, 9.17) is 17.3 Å². The highest BCUT2D eigenvalue weighted by molar-refractivity contribution is 6.30. The average Bonchev–Trinajstić information content (AvgIpc) is 2.33. The SMILES string of the molecule is Cc1nn(-c2ccc(Cl)cc2)c(C(N)=O)cc1=O. The summed E-state index contributed by atoms with van der Waals surface area (Å²) >= 11 is 5.79. The van der Waals surface area contributed by atoms with Crippen LogP contribution in [-0.4, -0.2) is 15.7 Å². The van der Waals surface area contributed by atoms with E-state index in [1.54, 1.807) is 31.2 Å². The van der Waals surface area contributed by atoms with Crippen LogP contribution in [0.5, 0.6) is 0 Å². The van der Waals surface area contributed by atoms with Crippen LogP contribution >= 0.6 is 11.6 Å². The molecule has 0 radical (unpaired) electrons. The molecule has 5 nitrogen and oxygen atoms in total. The number of hydrogen-bond acceptors (Lipinski definition) is 3. The quantitative estimate of drug-likeness (QED) is 0.887. The number of primary amides is 1. The molecule has 1 aromatic heterocycles. The summed E-state index contributed by atoms with van der Waals surface area (Å²) in [6.45, 7) is 1.57. The molecule has 0 bridgehead atoms. The smallest absolute Gasteiger partial charge is 0.267 e. The first-order chi connectivity index (χ1) is 8.49. The summed E-state index contributed by atoms with van der Waals surface area (Å²) in [6, 6.07) is 7.88. The van der Waals surface area contributed by atoms with Crippen molar-refractivity contribution >= 4 is 17.5 Å². The number of carbonyl (C=O) groups is 1. The maximum Gasteiger partial charge on any atom is 0.267 e. The fraction of sp³-hybridized carbons (Fsp3) is 0.0833. The van der Waals surface area contributed by atoms with E-state index in [2.05, 4.69) is 5.10 Å². The number of amides is 1. The minimum Gasteiger partial charge on any atom is -0.364 e. The number of aryl methyl sites for hydroxylation is 1. The topological polar surface area (TPSA) is 78.0 Å². The van der Waals surface area contributed by atoms with Crippen LogP contribution in [0.25, 0.3) is 5.69 Å². The van der Waals surface area contributed by atoms with Gasteiger partial charge in [-0.25, -0.2) is 4.68 Å². The average molecular weight is 264 g/mol. The summed E-state index contributed by atoms with van der Waals surface area (Å²) in [5.74, 6) is -0.713. The molecule has 0 unspecified atom stereocenters. The third kappa shape index (κ3) is 2.26. The van der Waals surface area contributed by atoms with E-state index in [1.807, 2.05) is 0 Å². The minimum atomic E-state index is -0.713. The van der Waals surface area contributed by atoms with Crippen LogP contribution in [0.1, 0.15) is 16.2 Å². The summed E-state index contributed by atoms with van der Waals surface area (Å²) in [4.78, 5) is 22.8. The molecule has 0 aliphatic heterocycles. The monoisotopic (exact) mass is 263 g/mol. The fourth-order valence-electron chi connectivity index (χ4n) is 1.50. The van der Waals surface area contributed by atoms with Crippen LogP contribution in [0.4, 0.5) is 0 Å². The van der Waals surface area contributed by atoms with E-state index in [1.165, 1.54) is 10.7 Å². The highest BCUT2D eigenvalue weighted by Crippen LogP contribution is 2.13. The molecule has 0 spiro atoms. The Balaban J connectivity index is 2.69. The second kappa shape index (κ2) is 4.62. The molecule has 0 aliphatic rings. The fourth-order valence-corrected chi connectivity index (χ4v) is 1.62. The van der Waals surface area contributed by atoms with Gasteiger partial charge >= 0.3 is 0 Å². The summed E-state index contributed by atoms with van der Waals surface area (Å²) in [6.07, 6.45) is 0. The number of rotatable bonds is 2. The van der Waals surface area contributed by atoms with Crippen LogP contribution in [0.3, 0.4) is 0 Å². The van der Waals surface area contributed by atoms with Gasteiger partial charge in [0.1, 0.15) is 11.4 Å². The molecule has 2 rings (SSSR count). The van der Waals surface area contributed by atoms with Crippen LogP contribution in [0, 0.1) is 6.92 Å². The Morgan fingerprint density at radius 2 is 1.94 bits per heavy atom. The molecule has 0 saturated carbocycles. The predicted octanol–water partition coefficient (Wildman–Crippen LogP) is 1.29. The predicted molar refractivity (Wildman–Crippen MR) is 68.1 cm³/mol. The molecule has 2 aromatic rings. The lowest BCUT2D eigenvalue weighted by atomic mass is 10.2. The Morgan fingerprint density at radius 1 is 1.33 bits per heavy atom. The molecular formula is C12H10ClN3O2. The van der Waals surface area contributed by atoms with E-state index in [0.717, 1.165) is 0 Å². The van der Waals surface area contributed by atoms with Gasteiger partial charge < -0.3 is 5.73 Å². The summed E-state index contributed by atoms with van der Waals surface area (Å²) in [7, 11) is 0. The zero-order chi connectivity index (χ0) is 13.3. The van der Waals surface area contributed by atoms with Gasteiger partial charge in [-0.15, -0.1) is 0 Å². The number of nitrogens with two attached hydrogens (primary N) is 1. The Hall–Kier alpha value is -2.14. The van der Waals surface area contributed by atoms with Crippen molar-refractivity contribution in [3.63, 3.8) is 0 Å². The molecule has 2 N–H and O–H groups in total. The van der Waals surface area contributed by atoms with E-state index in [-0.39, 0.29) is 16.8 Å². The summed E-state index contributed by atoms with van der Waals surface area (Å²) < 4.78 is 1.33. The molecule has 1 amide bonds.